The summed E-state index contributed by atoms with van der Waals surface area (Å²) < 4.78 is 1.66. The third-order valence-corrected chi connectivity index (χ3v) is 4.98. The van der Waals surface area contributed by atoms with Gasteiger partial charge >= 0.3 is 6.03 Å². The molecule has 0 spiro atoms. The van der Waals surface area contributed by atoms with Crippen molar-refractivity contribution in [3.63, 3.8) is 0 Å². The maximum absolute atomic E-state index is 12.2. The molecule has 146 valence electrons. The van der Waals surface area contributed by atoms with Gasteiger partial charge in [-0.25, -0.2) is 9.31 Å². The summed E-state index contributed by atoms with van der Waals surface area (Å²) in [6.45, 7) is 1.46. The second-order valence-electron chi connectivity index (χ2n) is 6.10. The van der Waals surface area contributed by atoms with Gasteiger partial charge in [0.1, 0.15) is 0 Å². The molecule has 4 aromatic rings. The van der Waals surface area contributed by atoms with E-state index in [0.717, 1.165) is 11.3 Å². The van der Waals surface area contributed by atoms with Crippen LogP contribution >= 0.6 is 22.9 Å². The molecule has 0 saturated carbocycles. The first-order valence-electron chi connectivity index (χ1n) is 8.54. The second-order valence-corrected chi connectivity index (χ2v) is 7.37. The van der Waals surface area contributed by atoms with Crippen LogP contribution in [0.2, 0.25) is 5.02 Å². The van der Waals surface area contributed by atoms with Gasteiger partial charge in [0.15, 0.2) is 0 Å². The van der Waals surface area contributed by atoms with Crippen molar-refractivity contribution in [3.05, 3.63) is 58.9 Å². The number of amides is 3. The average Bonchev–Trinajstić information content (AvgIpc) is 3.24. The van der Waals surface area contributed by atoms with E-state index >= 15 is 0 Å². The highest BCUT2D eigenvalue weighted by atomic mass is 35.5. The van der Waals surface area contributed by atoms with Gasteiger partial charge < -0.3 is 10.6 Å². The van der Waals surface area contributed by atoms with Crippen LogP contribution in [-0.4, -0.2) is 26.5 Å². The van der Waals surface area contributed by atoms with Crippen LogP contribution in [0.4, 0.5) is 22.1 Å². The summed E-state index contributed by atoms with van der Waals surface area (Å²) >= 11 is 7.25. The summed E-state index contributed by atoms with van der Waals surface area (Å²) in [5, 5.41) is 14.9. The van der Waals surface area contributed by atoms with Crippen LogP contribution in [0.1, 0.15) is 6.92 Å². The molecule has 29 heavy (non-hydrogen) atoms. The molecule has 0 saturated heterocycles. The molecule has 10 heteroatoms. The Bertz CT molecular complexity index is 1180. The molecule has 0 atom stereocenters. The third-order valence-electron chi connectivity index (χ3n) is 3.91. The van der Waals surface area contributed by atoms with Gasteiger partial charge in [-0.05, 0) is 36.4 Å². The number of nitrogens with one attached hydrogen (secondary N) is 3. The van der Waals surface area contributed by atoms with Crippen LogP contribution < -0.4 is 16.0 Å². The Morgan fingerprint density at radius 3 is 2.31 bits per heavy atom. The number of rotatable bonds is 4. The Morgan fingerprint density at radius 1 is 0.966 bits per heavy atom. The van der Waals surface area contributed by atoms with Crippen molar-refractivity contribution in [3.8, 4) is 11.3 Å². The minimum absolute atomic E-state index is 0.125. The number of hydrogen-bond acceptors (Lipinski definition) is 5. The highest BCUT2D eigenvalue weighted by Crippen LogP contribution is 2.27. The van der Waals surface area contributed by atoms with Crippen molar-refractivity contribution >= 4 is 57.2 Å². The van der Waals surface area contributed by atoms with E-state index in [9.17, 15) is 9.59 Å². The summed E-state index contributed by atoms with van der Waals surface area (Å²) in [5.74, 6) is 0.0685. The number of benzene rings is 2. The van der Waals surface area contributed by atoms with Crippen LogP contribution in [0, 0.1) is 0 Å². The number of carbonyl (C=O) groups excluding carboxylic acids is 2. The summed E-state index contributed by atoms with van der Waals surface area (Å²) in [6, 6.07) is 13.7. The van der Waals surface area contributed by atoms with Gasteiger partial charge in [-0.1, -0.05) is 23.7 Å². The minimum atomic E-state index is -0.452. The molecule has 3 N–H and O–H groups in total. The van der Waals surface area contributed by atoms with E-state index in [0.29, 0.717) is 21.4 Å². The normalized spacial score (nSPS) is 10.7. The number of anilines is 3. The van der Waals surface area contributed by atoms with Gasteiger partial charge in [-0.3, -0.25) is 10.1 Å². The summed E-state index contributed by atoms with van der Waals surface area (Å²) in [4.78, 5) is 28.3. The number of nitrogens with zero attached hydrogens (tertiary/aromatic N) is 3. The van der Waals surface area contributed by atoms with Gasteiger partial charge in [0.2, 0.25) is 10.9 Å². The number of thiazole rings is 1. The van der Waals surface area contributed by atoms with Gasteiger partial charge in [0.25, 0.3) is 5.95 Å². The van der Waals surface area contributed by atoms with Crippen LogP contribution in [0.25, 0.3) is 16.2 Å². The van der Waals surface area contributed by atoms with Crippen molar-refractivity contribution in [1.82, 2.24) is 14.6 Å². The van der Waals surface area contributed by atoms with Gasteiger partial charge in [-0.2, -0.15) is 4.98 Å². The van der Waals surface area contributed by atoms with E-state index in [1.807, 2.05) is 29.6 Å². The molecule has 0 aliphatic heterocycles. The Labute approximate surface area is 174 Å². The van der Waals surface area contributed by atoms with Crippen molar-refractivity contribution in [2.45, 2.75) is 6.92 Å². The van der Waals surface area contributed by atoms with E-state index < -0.39 is 6.03 Å². The number of halogens is 1. The fourth-order valence-electron chi connectivity index (χ4n) is 2.66. The Kier molecular flexibility index (Phi) is 5.15. The predicted molar refractivity (Wildman–Crippen MR) is 115 cm³/mol. The molecule has 0 aliphatic carbocycles. The molecule has 4 rings (SSSR count). The molecule has 3 amide bonds. The molecule has 2 heterocycles. The largest absolute Gasteiger partial charge is 0.326 e. The Hall–Kier alpha value is -3.43. The highest BCUT2D eigenvalue weighted by Gasteiger charge is 2.13. The predicted octanol–water partition coefficient (Wildman–Crippen LogP) is 4.71. The lowest BCUT2D eigenvalue weighted by Gasteiger charge is -2.05. The number of fused-ring (bicyclic) bond motifs is 1. The second kappa shape index (κ2) is 7.90. The van der Waals surface area contributed by atoms with Crippen molar-refractivity contribution in [2.24, 2.45) is 0 Å². The smallest absolute Gasteiger partial charge is 0.326 e. The van der Waals surface area contributed by atoms with Crippen molar-refractivity contribution in [2.75, 3.05) is 16.0 Å². The van der Waals surface area contributed by atoms with Gasteiger partial charge in [0.05, 0.1) is 5.69 Å². The zero-order chi connectivity index (χ0) is 20.4. The minimum Gasteiger partial charge on any atom is -0.326 e. The maximum atomic E-state index is 12.2. The maximum Gasteiger partial charge on any atom is 0.326 e. The van der Waals surface area contributed by atoms with Crippen LogP contribution in [0.3, 0.4) is 0 Å². The monoisotopic (exact) mass is 426 g/mol. The first-order chi connectivity index (χ1) is 14.0. The van der Waals surface area contributed by atoms with Crippen LogP contribution in [0.5, 0.6) is 0 Å². The molecule has 0 bridgehead atoms. The summed E-state index contributed by atoms with van der Waals surface area (Å²) in [6.07, 6.45) is 0. The quantitative estimate of drug-likeness (QED) is 0.439. The summed E-state index contributed by atoms with van der Waals surface area (Å²) in [7, 11) is 0. The number of carbonyl (C=O) groups is 2. The highest BCUT2D eigenvalue weighted by molar-refractivity contribution is 7.15. The standard InChI is InChI=1S/C19H15ClN6O2S/c1-11(27)21-14-6-2-12(3-7-14)16-10-29-19-24-17(25-26(16)19)23-18(28)22-15-8-4-13(20)5-9-15/h2-10H,1H3,(H,21,27)(H2,22,23,25,28). The van der Waals surface area contributed by atoms with Crippen LogP contribution in [-0.2, 0) is 4.79 Å². The SMILES string of the molecule is CC(=O)Nc1ccc(-c2csc3nc(NC(=O)Nc4ccc(Cl)cc4)nn23)cc1. The fraction of sp³-hybridized carbons (Fsp3) is 0.0526. The zero-order valence-electron chi connectivity index (χ0n) is 15.1. The molecule has 2 aromatic heterocycles. The first kappa shape index (κ1) is 18.9. The van der Waals surface area contributed by atoms with E-state index in [4.69, 9.17) is 11.6 Å². The lowest BCUT2D eigenvalue weighted by Crippen LogP contribution is -2.20. The third kappa shape index (κ3) is 4.36. The number of urea groups is 1. The van der Waals surface area contributed by atoms with E-state index in [1.54, 1.807) is 28.8 Å². The Balaban J connectivity index is 1.50. The van der Waals surface area contributed by atoms with Crippen molar-refractivity contribution in [1.29, 1.82) is 0 Å². The number of aromatic nitrogens is 3. The average molecular weight is 427 g/mol. The van der Waals surface area contributed by atoms with E-state index in [1.165, 1.54) is 18.3 Å². The molecule has 0 radical (unpaired) electrons. The first-order valence-corrected chi connectivity index (χ1v) is 9.79. The topological polar surface area (TPSA) is 100 Å². The molecule has 0 unspecified atom stereocenters. The molecule has 0 aliphatic rings. The van der Waals surface area contributed by atoms with Gasteiger partial charge in [0, 0.05) is 34.3 Å². The number of hydrogen-bond donors (Lipinski definition) is 3. The summed E-state index contributed by atoms with van der Waals surface area (Å²) in [5.41, 5.74) is 3.06. The molecule has 2 aromatic carbocycles. The molecular weight excluding hydrogens is 412 g/mol. The fourth-order valence-corrected chi connectivity index (χ4v) is 3.61. The van der Waals surface area contributed by atoms with E-state index in [-0.39, 0.29) is 11.9 Å². The van der Waals surface area contributed by atoms with Crippen molar-refractivity contribution < 1.29 is 9.59 Å². The molecule has 8 nitrogen and oxygen atoms in total. The lowest BCUT2D eigenvalue weighted by atomic mass is 10.1. The zero-order valence-corrected chi connectivity index (χ0v) is 16.7. The van der Waals surface area contributed by atoms with Crippen LogP contribution in [0.15, 0.2) is 53.9 Å². The molecule has 0 fully saturated rings. The van der Waals surface area contributed by atoms with Gasteiger partial charge in [-0.15, -0.1) is 16.4 Å². The lowest BCUT2D eigenvalue weighted by molar-refractivity contribution is -0.114. The molecular formula is C19H15ClN6O2S. The Morgan fingerprint density at radius 2 is 1.62 bits per heavy atom. The van der Waals surface area contributed by atoms with E-state index in [2.05, 4.69) is 26.0 Å².